The first-order valence-corrected chi connectivity index (χ1v) is 7.67. The fourth-order valence-electron chi connectivity index (χ4n) is 2.77. The van der Waals surface area contributed by atoms with Crippen LogP contribution in [0.1, 0.15) is 0 Å². The first-order chi connectivity index (χ1) is 11.1. The van der Waals surface area contributed by atoms with Crippen LogP contribution in [0.3, 0.4) is 0 Å². The maximum Gasteiger partial charge on any atom is 0.414 e. The Kier molecular flexibility index (Phi) is 4.67. The van der Waals surface area contributed by atoms with Crippen molar-refractivity contribution in [3.8, 4) is 0 Å². The Morgan fingerprint density at radius 3 is 2.70 bits per heavy atom. The van der Waals surface area contributed by atoms with Crippen LogP contribution >= 0.6 is 0 Å². The van der Waals surface area contributed by atoms with Gasteiger partial charge >= 0.3 is 6.09 Å². The zero-order chi connectivity index (χ0) is 16.4. The molecule has 23 heavy (non-hydrogen) atoms. The Morgan fingerprint density at radius 2 is 2.04 bits per heavy atom. The second-order valence-electron chi connectivity index (χ2n) is 5.51. The van der Waals surface area contributed by atoms with Crippen molar-refractivity contribution in [1.29, 1.82) is 0 Å². The molecule has 1 amide bonds. The minimum atomic E-state index is -0.699. The van der Waals surface area contributed by atoms with Gasteiger partial charge < -0.3 is 9.64 Å². The highest BCUT2D eigenvalue weighted by molar-refractivity contribution is 6.09. The number of halogens is 2. The van der Waals surface area contributed by atoms with E-state index in [4.69, 9.17) is 9.57 Å². The van der Waals surface area contributed by atoms with E-state index in [1.807, 2.05) is 7.85 Å². The summed E-state index contributed by atoms with van der Waals surface area (Å²) in [7, 11) is 1.89. The van der Waals surface area contributed by atoms with E-state index in [0.29, 0.717) is 39.1 Å². The zero-order valence-corrected chi connectivity index (χ0v) is 12.8. The lowest BCUT2D eigenvalue weighted by atomic mass is 9.99. The smallest absolute Gasteiger partial charge is 0.414 e. The molecule has 2 saturated heterocycles. The maximum atomic E-state index is 14.5. The number of nitrogens with zero attached hydrogens (tertiary/aromatic N) is 2. The van der Waals surface area contributed by atoms with Crippen LogP contribution < -0.4 is 15.3 Å². The zero-order valence-electron chi connectivity index (χ0n) is 12.8. The largest absolute Gasteiger partial charge is 0.445 e. The van der Waals surface area contributed by atoms with E-state index in [-0.39, 0.29) is 17.5 Å². The monoisotopic (exact) mass is 325 g/mol. The van der Waals surface area contributed by atoms with Crippen molar-refractivity contribution in [3.05, 3.63) is 23.8 Å². The molecule has 1 aromatic carbocycles. The van der Waals surface area contributed by atoms with Gasteiger partial charge in [0.25, 0.3) is 0 Å². The quantitative estimate of drug-likeness (QED) is 0.829. The Morgan fingerprint density at radius 1 is 1.30 bits per heavy atom. The van der Waals surface area contributed by atoms with Crippen LogP contribution in [0, 0.1) is 11.6 Å². The van der Waals surface area contributed by atoms with Crippen LogP contribution in [-0.2, 0) is 9.57 Å². The molecule has 0 aliphatic carbocycles. The third-order valence-electron chi connectivity index (χ3n) is 4.01. The van der Waals surface area contributed by atoms with E-state index in [2.05, 4.69) is 5.48 Å². The highest BCUT2D eigenvalue weighted by Gasteiger charge is 2.32. The third-order valence-corrected chi connectivity index (χ3v) is 4.01. The number of nitrogens with one attached hydrogen (secondary N) is 1. The molecule has 2 heterocycles. The van der Waals surface area contributed by atoms with Gasteiger partial charge in [-0.3, -0.25) is 9.74 Å². The van der Waals surface area contributed by atoms with Crippen molar-refractivity contribution in [2.24, 2.45) is 0 Å². The van der Waals surface area contributed by atoms with Crippen molar-refractivity contribution in [2.75, 3.05) is 42.6 Å². The van der Waals surface area contributed by atoms with Gasteiger partial charge in [0.2, 0.25) is 0 Å². The average molecular weight is 325 g/mol. The molecule has 1 aromatic rings. The Balaban J connectivity index is 1.87. The van der Waals surface area contributed by atoms with Crippen LogP contribution in [0.15, 0.2) is 12.1 Å². The molecule has 2 aliphatic heterocycles. The van der Waals surface area contributed by atoms with Gasteiger partial charge in [0, 0.05) is 31.8 Å². The van der Waals surface area contributed by atoms with Crippen LogP contribution in [0.2, 0.25) is 6.32 Å². The van der Waals surface area contributed by atoms with Gasteiger partial charge in [0.1, 0.15) is 19.6 Å². The molecule has 0 aromatic heterocycles. The van der Waals surface area contributed by atoms with Crippen molar-refractivity contribution in [1.82, 2.24) is 5.48 Å². The Hall–Kier alpha value is -1.87. The number of hydroxylamine groups is 1. The van der Waals surface area contributed by atoms with Crippen LogP contribution in [-0.4, -0.2) is 52.8 Å². The summed E-state index contributed by atoms with van der Waals surface area (Å²) in [6.07, 6.45) is -0.163. The van der Waals surface area contributed by atoms with Gasteiger partial charge in [-0.25, -0.2) is 19.1 Å². The highest BCUT2D eigenvalue weighted by Crippen LogP contribution is 2.31. The van der Waals surface area contributed by atoms with Crippen molar-refractivity contribution in [3.63, 3.8) is 0 Å². The van der Waals surface area contributed by atoms with Gasteiger partial charge in [0.15, 0.2) is 11.6 Å². The number of hydrogen-bond acceptors (Lipinski definition) is 5. The predicted octanol–water partition coefficient (Wildman–Crippen LogP) is 0.683. The highest BCUT2D eigenvalue weighted by atomic mass is 19.1. The molecule has 1 atom stereocenters. The molecular formula is C14H18BF2N3O3. The molecule has 1 N–H and O–H groups in total. The molecule has 3 rings (SSSR count). The van der Waals surface area contributed by atoms with Gasteiger partial charge in [0.05, 0.1) is 18.8 Å². The SMILES string of the molecule is BC[C@H]1CN(c2cc(F)c(N3CCNOCC3)c(F)c2)C(=O)O1. The molecular weight excluding hydrogens is 307 g/mol. The van der Waals surface area contributed by atoms with Gasteiger partial charge in [-0.05, 0) is 6.32 Å². The van der Waals surface area contributed by atoms with Crippen LogP contribution in [0.4, 0.5) is 25.0 Å². The molecule has 2 aliphatic rings. The summed E-state index contributed by atoms with van der Waals surface area (Å²) in [6.45, 7) is 1.91. The molecule has 9 heteroatoms. The Labute approximate surface area is 133 Å². The summed E-state index contributed by atoms with van der Waals surface area (Å²) in [5.41, 5.74) is 2.78. The lowest BCUT2D eigenvalue weighted by molar-refractivity contribution is 0.0589. The second-order valence-corrected chi connectivity index (χ2v) is 5.51. The standard InChI is InChI=1S/C14H18BF2N3O3/c15-7-10-8-20(14(21)23-10)9-5-11(16)13(12(17)6-9)19-2-1-18-22-4-3-19/h5-6,10,18H,1-4,7-8,15H2/t10-/m0/s1. The first kappa shape index (κ1) is 16.0. The van der Waals surface area contributed by atoms with Gasteiger partial charge in [-0.2, -0.15) is 0 Å². The first-order valence-electron chi connectivity index (χ1n) is 7.67. The van der Waals surface area contributed by atoms with Gasteiger partial charge in [-0.15, -0.1) is 0 Å². The van der Waals surface area contributed by atoms with Crippen molar-refractivity contribution in [2.45, 2.75) is 12.4 Å². The normalized spacial score (nSPS) is 22.2. The molecule has 6 nitrogen and oxygen atoms in total. The summed E-state index contributed by atoms with van der Waals surface area (Å²) in [4.78, 5) is 19.7. The second kappa shape index (κ2) is 6.71. The lowest BCUT2D eigenvalue weighted by Crippen LogP contribution is -2.30. The van der Waals surface area contributed by atoms with E-state index >= 15 is 0 Å². The number of amides is 1. The minimum Gasteiger partial charge on any atom is -0.445 e. The predicted molar refractivity (Wildman–Crippen MR) is 83.5 cm³/mol. The summed E-state index contributed by atoms with van der Waals surface area (Å²) in [6, 6.07) is 2.35. The number of carbonyl (C=O) groups is 1. The number of benzene rings is 1. The van der Waals surface area contributed by atoms with Crippen LogP contribution in [0.25, 0.3) is 0 Å². The number of ether oxygens (including phenoxy) is 1. The molecule has 0 saturated carbocycles. The minimum absolute atomic E-state index is 0.0966. The summed E-state index contributed by atoms with van der Waals surface area (Å²) < 4.78 is 34.1. The number of cyclic esters (lactones) is 1. The molecule has 0 unspecified atom stereocenters. The number of carbonyl (C=O) groups excluding carboxylic acids is 1. The molecule has 0 spiro atoms. The summed E-state index contributed by atoms with van der Waals surface area (Å²) in [5, 5.41) is 0. The Bertz CT molecular complexity index is 574. The number of hydrogen-bond donors (Lipinski definition) is 1. The molecule has 2 fully saturated rings. The average Bonchev–Trinajstić information content (AvgIpc) is 2.71. The van der Waals surface area contributed by atoms with E-state index in [1.54, 1.807) is 4.90 Å². The van der Waals surface area contributed by atoms with Crippen LogP contribution in [0.5, 0.6) is 0 Å². The maximum absolute atomic E-state index is 14.5. The summed E-state index contributed by atoms with van der Waals surface area (Å²) >= 11 is 0. The van der Waals surface area contributed by atoms with E-state index in [9.17, 15) is 13.6 Å². The fourth-order valence-corrected chi connectivity index (χ4v) is 2.77. The van der Waals surface area contributed by atoms with Crippen molar-refractivity contribution < 1.29 is 23.1 Å². The number of anilines is 2. The molecule has 0 bridgehead atoms. The van der Waals surface area contributed by atoms with E-state index in [0.717, 1.165) is 0 Å². The topological polar surface area (TPSA) is 54.0 Å². The lowest BCUT2D eigenvalue weighted by Gasteiger charge is -2.24. The van der Waals surface area contributed by atoms with E-state index < -0.39 is 17.7 Å². The number of rotatable bonds is 3. The molecule has 124 valence electrons. The van der Waals surface area contributed by atoms with E-state index in [1.165, 1.54) is 17.0 Å². The van der Waals surface area contributed by atoms with Crippen molar-refractivity contribution >= 4 is 25.3 Å². The fraction of sp³-hybridized carbons (Fsp3) is 0.500. The van der Waals surface area contributed by atoms with Gasteiger partial charge in [-0.1, -0.05) is 0 Å². The molecule has 0 radical (unpaired) electrons. The summed E-state index contributed by atoms with van der Waals surface area (Å²) in [5.74, 6) is -1.40. The third kappa shape index (κ3) is 3.25.